The van der Waals surface area contributed by atoms with Gasteiger partial charge in [-0.15, -0.1) is 11.8 Å². The Hall–Kier alpha value is -1.26. The Morgan fingerprint density at radius 1 is 1.26 bits per heavy atom. The first kappa shape index (κ1) is 14.2. The minimum atomic E-state index is 0.119. The average molecular weight is 335 g/mol. The van der Waals surface area contributed by atoms with Gasteiger partial charge in [0.15, 0.2) is 0 Å². The minimum absolute atomic E-state index is 0.119. The number of hydrogen-bond acceptors (Lipinski definition) is 2. The van der Waals surface area contributed by atoms with Crippen LogP contribution in [0.2, 0.25) is 0 Å². The van der Waals surface area contributed by atoms with Crippen LogP contribution in [0.1, 0.15) is 16.7 Å². The van der Waals surface area contributed by atoms with Gasteiger partial charge in [-0.1, -0.05) is 24.3 Å². The van der Waals surface area contributed by atoms with E-state index < -0.39 is 0 Å². The maximum absolute atomic E-state index is 7.43. The molecule has 3 N–H and O–H groups in total. The van der Waals surface area contributed by atoms with Gasteiger partial charge in [-0.3, -0.25) is 5.41 Å². The number of halogens is 1. The van der Waals surface area contributed by atoms with Crippen LogP contribution in [0, 0.1) is 12.3 Å². The quantitative estimate of drug-likeness (QED) is 0.496. The molecule has 2 aromatic carbocycles. The number of nitrogens with two attached hydrogens (primary N) is 1. The number of amidine groups is 1. The van der Waals surface area contributed by atoms with Crippen molar-refractivity contribution in [2.45, 2.75) is 17.6 Å². The molecule has 0 spiro atoms. The molecule has 2 rings (SSSR count). The van der Waals surface area contributed by atoms with E-state index in [0.29, 0.717) is 0 Å². The number of benzene rings is 2. The molecule has 0 heterocycles. The second kappa shape index (κ2) is 6.26. The fourth-order valence-electron chi connectivity index (χ4n) is 1.74. The lowest BCUT2D eigenvalue weighted by molar-refractivity contribution is 1.28. The smallest absolute Gasteiger partial charge is 0.122 e. The Labute approximate surface area is 126 Å². The van der Waals surface area contributed by atoms with E-state index in [1.807, 2.05) is 30.3 Å². The summed E-state index contributed by atoms with van der Waals surface area (Å²) in [5.41, 5.74) is 8.72. The van der Waals surface area contributed by atoms with Gasteiger partial charge in [-0.25, -0.2) is 0 Å². The largest absolute Gasteiger partial charge is 0.384 e. The van der Waals surface area contributed by atoms with Crippen molar-refractivity contribution in [2.24, 2.45) is 5.73 Å². The standard InChI is InChI=1S/C15H15BrN2S/c1-10-8-11(15(17)18)6-7-12(10)9-19-14-5-3-2-4-13(14)16/h2-8H,9H2,1H3,(H3,17,18). The first-order chi connectivity index (χ1) is 9.08. The number of aryl methyl sites for hydroxylation is 1. The summed E-state index contributed by atoms with van der Waals surface area (Å²) in [4.78, 5) is 1.23. The summed E-state index contributed by atoms with van der Waals surface area (Å²) in [7, 11) is 0. The highest BCUT2D eigenvalue weighted by molar-refractivity contribution is 9.10. The lowest BCUT2D eigenvalue weighted by Crippen LogP contribution is -2.11. The Kier molecular flexibility index (Phi) is 4.66. The molecule has 2 nitrogen and oxygen atoms in total. The van der Waals surface area contributed by atoms with E-state index in [4.69, 9.17) is 11.1 Å². The zero-order chi connectivity index (χ0) is 13.8. The maximum atomic E-state index is 7.43. The van der Waals surface area contributed by atoms with Crippen molar-refractivity contribution in [1.29, 1.82) is 5.41 Å². The van der Waals surface area contributed by atoms with Crippen LogP contribution in [0.3, 0.4) is 0 Å². The minimum Gasteiger partial charge on any atom is -0.384 e. The summed E-state index contributed by atoms with van der Waals surface area (Å²) in [6.45, 7) is 2.06. The Morgan fingerprint density at radius 3 is 2.63 bits per heavy atom. The fraction of sp³-hybridized carbons (Fsp3) is 0.133. The zero-order valence-corrected chi connectivity index (χ0v) is 13.0. The van der Waals surface area contributed by atoms with Crippen LogP contribution in [0.15, 0.2) is 51.8 Å². The van der Waals surface area contributed by atoms with Gasteiger partial charge in [0.25, 0.3) is 0 Å². The molecule has 0 atom stereocenters. The monoisotopic (exact) mass is 334 g/mol. The second-order valence-electron chi connectivity index (χ2n) is 4.27. The van der Waals surface area contributed by atoms with Crippen LogP contribution in [0.25, 0.3) is 0 Å². The average Bonchev–Trinajstić information content (AvgIpc) is 2.39. The van der Waals surface area contributed by atoms with Crippen molar-refractivity contribution < 1.29 is 0 Å². The van der Waals surface area contributed by atoms with E-state index in [-0.39, 0.29) is 5.84 Å². The van der Waals surface area contributed by atoms with Gasteiger partial charge in [0.2, 0.25) is 0 Å². The number of nitrogen functional groups attached to an aromatic ring is 1. The van der Waals surface area contributed by atoms with Crippen molar-refractivity contribution in [3.05, 3.63) is 63.6 Å². The summed E-state index contributed by atoms with van der Waals surface area (Å²) in [5, 5.41) is 7.43. The predicted octanol–water partition coefficient (Wildman–Crippen LogP) is 4.33. The number of thioether (sulfide) groups is 1. The molecular weight excluding hydrogens is 320 g/mol. The highest BCUT2D eigenvalue weighted by atomic mass is 79.9. The first-order valence-corrected chi connectivity index (χ1v) is 7.67. The lowest BCUT2D eigenvalue weighted by atomic mass is 10.1. The van der Waals surface area contributed by atoms with Gasteiger partial charge >= 0.3 is 0 Å². The summed E-state index contributed by atoms with van der Waals surface area (Å²) in [6.07, 6.45) is 0. The van der Waals surface area contributed by atoms with Crippen LogP contribution < -0.4 is 5.73 Å². The Morgan fingerprint density at radius 2 is 2.00 bits per heavy atom. The fourth-order valence-corrected chi connectivity index (χ4v) is 3.39. The highest BCUT2D eigenvalue weighted by Gasteiger charge is 2.04. The van der Waals surface area contributed by atoms with E-state index in [2.05, 4.69) is 35.0 Å². The Balaban J connectivity index is 2.12. The van der Waals surface area contributed by atoms with Crippen LogP contribution in [0.4, 0.5) is 0 Å². The van der Waals surface area contributed by atoms with Gasteiger partial charge in [0, 0.05) is 20.7 Å². The molecule has 0 aliphatic carbocycles. The molecule has 0 bridgehead atoms. The topological polar surface area (TPSA) is 49.9 Å². The molecule has 0 unspecified atom stereocenters. The zero-order valence-electron chi connectivity index (χ0n) is 10.6. The van der Waals surface area contributed by atoms with Crippen molar-refractivity contribution in [3.63, 3.8) is 0 Å². The van der Waals surface area contributed by atoms with Crippen molar-refractivity contribution >= 4 is 33.5 Å². The molecule has 0 saturated heterocycles. The van der Waals surface area contributed by atoms with Crippen LogP contribution in [-0.4, -0.2) is 5.84 Å². The molecule has 4 heteroatoms. The SMILES string of the molecule is Cc1cc(C(=N)N)ccc1CSc1ccccc1Br. The molecule has 0 aliphatic heterocycles. The summed E-state index contributed by atoms with van der Waals surface area (Å²) in [6, 6.07) is 14.1. The molecule has 0 radical (unpaired) electrons. The molecule has 0 amide bonds. The third-order valence-corrected chi connectivity index (χ3v) is 4.95. The normalized spacial score (nSPS) is 10.4. The van der Waals surface area contributed by atoms with Crippen LogP contribution in [-0.2, 0) is 5.75 Å². The summed E-state index contributed by atoms with van der Waals surface area (Å²) < 4.78 is 1.12. The molecule has 98 valence electrons. The molecule has 2 aromatic rings. The van der Waals surface area contributed by atoms with Gasteiger partial charge in [-0.2, -0.15) is 0 Å². The van der Waals surface area contributed by atoms with Crippen LogP contribution >= 0.6 is 27.7 Å². The number of nitrogens with one attached hydrogen (secondary N) is 1. The van der Waals surface area contributed by atoms with Crippen molar-refractivity contribution in [1.82, 2.24) is 0 Å². The molecule has 0 aliphatic rings. The summed E-state index contributed by atoms with van der Waals surface area (Å²) >= 11 is 5.35. The van der Waals surface area contributed by atoms with E-state index >= 15 is 0 Å². The maximum Gasteiger partial charge on any atom is 0.122 e. The predicted molar refractivity (Wildman–Crippen MR) is 85.9 cm³/mol. The van der Waals surface area contributed by atoms with Gasteiger partial charge < -0.3 is 5.73 Å². The highest BCUT2D eigenvalue weighted by Crippen LogP contribution is 2.30. The van der Waals surface area contributed by atoms with E-state index in [1.165, 1.54) is 16.0 Å². The molecule has 0 aromatic heterocycles. The molecular formula is C15H15BrN2S. The second-order valence-corrected chi connectivity index (χ2v) is 6.15. The van der Waals surface area contributed by atoms with Crippen molar-refractivity contribution in [2.75, 3.05) is 0 Å². The molecule has 0 saturated carbocycles. The van der Waals surface area contributed by atoms with E-state index in [1.54, 1.807) is 11.8 Å². The van der Waals surface area contributed by atoms with E-state index in [9.17, 15) is 0 Å². The summed E-state index contributed by atoms with van der Waals surface area (Å²) in [5.74, 6) is 1.03. The van der Waals surface area contributed by atoms with Gasteiger partial charge in [0.1, 0.15) is 5.84 Å². The first-order valence-electron chi connectivity index (χ1n) is 5.89. The van der Waals surface area contributed by atoms with Crippen LogP contribution in [0.5, 0.6) is 0 Å². The molecule has 0 fully saturated rings. The van der Waals surface area contributed by atoms with E-state index in [0.717, 1.165) is 15.8 Å². The lowest BCUT2D eigenvalue weighted by Gasteiger charge is -2.08. The Bertz CT molecular complexity index is 611. The van der Waals surface area contributed by atoms with Crippen molar-refractivity contribution in [3.8, 4) is 0 Å². The van der Waals surface area contributed by atoms with Gasteiger partial charge in [-0.05, 0) is 52.2 Å². The van der Waals surface area contributed by atoms with Gasteiger partial charge in [0.05, 0.1) is 0 Å². The number of rotatable bonds is 4. The third-order valence-electron chi connectivity index (χ3n) is 2.87. The third kappa shape index (κ3) is 3.61. The molecule has 19 heavy (non-hydrogen) atoms. The number of hydrogen-bond donors (Lipinski definition) is 2.